The predicted molar refractivity (Wildman–Crippen MR) is 87.5 cm³/mol. The molecule has 0 atom stereocenters. The zero-order valence-electron chi connectivity index (χ0n) is 13.5. The van der Waals surface area contributed by atoms with Crippen LogP contribution in [0.1, 0.15) is 39.7 Å². The molecule has 0 aliphatic carbocycles. The molecule has 0 bridgehead atoms. The normalized spacial score (nSPS) is 12.4. The van der Waals surface area contributed by atoms with Crippen LogP contribution in [-0.2, 0) is 16.4 Å². The maximum absolute atomic E-state index is 11.6. The number of ether oxygens (including phenoxy) is 1. The predicted octanol–water partition coefficient (Wildman–Crippen LogP) is 2.78. The van der Waals surface area contributed by atoms with E-state index in [4.69, 9.17) is 4.74 Å². The summed E-state index contributed by atoms with van der Waals surface area (Å²) in [4.78, 5) is 0. The fourth-order valence-corrected chi connectivity index (χ4v) is 2.93. The van der Waals surface area contributed by atoms with Gasteiger partial charge in [0.2, 0.25) is 0 Å². The van der Waals surface area contributed by atoms with Gasteiger partial charge in [-0.2, -0.15) is 0 Å². The van der Waals surface area contributed by atoms with E-state index in [2.05, 4.69) is 26.1 Å². The van der Waals surface area contributed by atoms with Crippen LogP contribution in [0.4, 0.5) is 0 Å². The Morgan fingerprint density at radius 3 is 2.24 bits per heavy atom. The lowest BCUT2D eigenvalue weighted by Gasteiger charge is -2.20. The summed E-state index contributed by atoms with van der Waals surface area (Å²) in [7, 11) is -2.97. The highest BCUT2D eigenvalue weighted by Crippen LogP contribution is 2.13. The van der Waals surface area contributed by atoms with Gasteiger partial charge in [0.1, 0.15) is 12.4 Å². The number of hydrogen-bond donors (Lipinski definition) is 1. The molecule has 1 aromatic carbocycles. The number of hydrogen-bond acceptors (Lipinski definition) is 4. The topological polar surface area (TPSA) is 55.4 Å². The lowest BCUT2D eigenvalue weighted by molar-refractivity contribution is 0.340. The van der Waals surface area contributed by atoms with Crippen LogP contribution in [0, 0.1) is 0 Å². The Morgan fingerprint density at radius 2 is 1.71 bits per heavy atom. The quantitative estimate of drug-likeness (QED) is 0.802. The summed E-state index contributed by atoms with van der Waals surface area (Å²) < 4.78 is 28.6. The average Bonchev–Trinajstić information content (AvgIpc) is 2.36. The molecular weight excluding hydrogens is 286 g/mol. The molecule has 1 rings (SSSR count). The van der Waals surface area contributed by atoms with Crippen LogP contribution in [-0.4, -0.2) is 32.1 Å². The van der Waals surface area contributed by atoms with Gasteiger partial charge in [-0.25, -0.2) is 8.42 Å². The monoisotopic (exact) mass is 313 g/mol. The lowest BCUT2D eigenvalue weighted by atomic mass is 10.1. The van der Waals surface area contributed by atoms with Crippen LogP contribution in [0.25, 0.3) is 0 Å². The van der Waals surface area contributed by atoms with Gasteiger partial charge < -0.3 is 10.1 Å². The highest BCUT2D eigenvalue weighted by atomic mass is 32.2. The Balaban J connectivity index is 2.41. The zero-order chi connectivity index (χ0) is 15.9. The van der Waals surface area contributed by atoms with E-state index in [0.29, 0.717) is 12.2 Å². The van der Waals surface area contributed by atoms with Gasteiger partial charge in [-0.3, -0.25) is 0 Å². The van der Waals surface area contributed by atoms with Gasteiger partial charge >= 0.3 is 0 Å². The first-order chi connectivity index (χ1) is 9.72. The molecule has 1 N–H and O–H groups in total. The summed E-state index contributed by atoms with van der Waals surface area (Å²) in [6, 6.07) is 7.75. The van der Waals surface area contributed by atoms with E-state index in [1.165, 1.54) is 5.56 Å². The van der Waals surface area contributed by atoms with E-state index < -0.39 is 9.84 Å². The lowest BCUT2D eigenvalue weighted by Crippen LogP contribution is -2.35. The number of sulfone groups is 1. The van der Waals surface area contributed by atoms with Crippen molar-refractivity contribution in [3.05, 3.63) is 29.8 Å². The standard InChI is InChI=1S/C16H27NO3S/c1-5-11-21(18,19)12-10-20-15-8-6-14(7-9-15)13-17-16(2,3)4/h6-9,17H,5,10-13H2,1-4H3. The Morgan fingerprint density at radius 1 is 1.10 bits per heavy atom. The zero-order valence-corrected chi connectivity index (χ0v) is 14.3. The summed E-state index contributed by atoms with van der Waals surface area (Å²) in [6.07, 6.45) is 0.651. The van der Waals surface area contributed by atoms with E-state index in [0.717, 1.165) is 6.54 Å². The molecule has 4 nitrogen and oxygen atoms in total. The fraction of sp³-hybridized carbons (Fsp3) is 0.625. The van der Waals surface area contributed by atoms with Crippen molar-refractivity contribution < 1.29 is 13.2 Å². The van der Waals surface area contributed by atoms with Gasteiger partial charge in [0.05, 0.1) is 11.5 Å². The summed E-state index contributed by atoms with van der Waals surface area (Å²) >= 11 is 0. The molecule has 21 heavy (non-hydrogen) atoms. The van der Waals surface area contributed by atoms with E-state index >= 15 is 0 Å². The first-order valence-electron chi connectivity index (χ1n) is 7.39. The van der Waals surface area contributed by atoms with E-state index in [1.54, 1.807) is 0 Å². The van der Waals surface area contributed by atoms with Crippen LogP contribution in [0.2, 0.25) is 0 Å². The molecule has 0 fully saturated rings. The van der Waals surface area contributed by atoms with Crippen LogP contribution in [0.5, 0.6) is 5.75 Å². The minimum absolute atomic E-state index is 0.0776. The molecule has 0 unspecified atom stereocenters. The number of rotatable bonds is 8. The Hall–Kier alpha value is -1.07. The molecule has 0 heterocycles. The molecule has 0 aliphatic rings. The Labute approximate surface area is 128 Å². The van der Waals surface area contributed by atoms with Gasteiger partial charge in [0.25, 0.3) is 0 Å². The van der Waals surface area contributed by atoms with Crippen molar-refractivity contribution in [1.29, 1.82) is 0 Å². The SMILES string of the molecule is CCCS(=O)(=O)CCOc1ccc(CNC(C)(C)C)cc1. The van der Waals surface area contributed by atoms with Crippen molar-refractivity contribution in [3.63, 3.8) is 0 Å². The van der Waals surface area contributed by atoms with Gasteiger partial charge in [0, 0.05) is 12.1 Å². The smallest absolute Gasteiger partial charge is 0.153 e. The summed E-state index contributed by atoms with van der Waals surface area (Å²) in [5.74, 6) is 1.02. The second-order valence-corrected chi connectivity index (χ2v) is 8.55. The minimum Gasteiger partial charge on any atom is -0.493 e. The van der Waals surface area contributed by atoms with Gasteiger partial charge in [-0.05, 0) is 44.9 Å². The van der Waals surface area contributed by atoms with Gasteiger partial charge in [-0.15, -0.1) is 0 Å². The Kier molecular flexibility index (Phi) is 6.68. The highest BCUT2D eigenvalue weighted by molar-refractivity contribution is 7.91. The molecule has 0 saturated heterocycles. The third kappa shape index (κ3) is 8.07. The highest BCUT2D eigenvalue weighted by Gasteiger charge is 2.10. The van der Waals surface area contributed by atoms with Crippen molar-refractivity contribution in [2.24, 2.45) is 0 Å². The third-order valence-electron chi connectivity index (χ3n) is 2.92. The van der Waals surface area contributed by atoms with Crippen LogP contribution in [0.3, 0.4) is 0 Å². The molecular formula is C16H27NO3S. The van der Waals surface area contributed by atoms with Crippen molar-refractivity contribution >= 4 is 9.84 Å². The maximum atomic E-state index is 11.6. The number of benzene rings is 1. The third-order valence-corrected chi connectivity index (χ3v) is 4.74. The molecule has 0 saturated carbocycles. The van der Waals surface area contributed by atoms with Gasteiger partial charge in [0.15, 0.2) is 9.84 Å². The number of nitrogens with one attached hydrogen (secondary N) is 1. The molecule has 0 aliphatic heterocycles. The molecule has 0 radical (unpaired) electrons. The van der Waals surface area contributed by atoms with Crippen molar-refractivity contribution in [2.75, 3.05) is 18.1 Å². The molecule has 1 aromatic rings. The largest absolute Gasteiger partial charge is 0.493 e. The maximum Gasteiger partial charge on any atom is 0.153 e. The first-order valence-corrected chi connectivity index (χ1v) is 9.21. The Bertz CT molecular complexity index is 515. The summed E-state index contributed by atoms with van der Waals surface area (Å²) in [5, 5.41) is 3.41. The summed E-state index contributed by atoms with van der Waals surface area (Å²) in [5.41, 5.74) is 1.26. The molecule has 0 aromatic heterocycles. The fourth-order valence-electron chi connectivity index (χ4n) is 1.77. The van der Waals surface area contributed by atoms with E-state index in [9.17, 15) is 8.42 Å². The van der Waals surface area contributed by atoms with Crippen molar-refractivity contribution in [3.8, 4) is 5.75 Å². The second kappa shape index (κ2) is 7.80. The second-order valence-electron chi connectivity index (χ2n) is 6.25. The van der Waals surface area contributed by atoms with Crippen LogP contribution >= 0.6 is 0 Å². The first kappa shape index (κ1) is 18.0. The molecule has 0 amide bonds. The molecule has 5 heteroatoms. The molecule has 120 valence electrons. The van der Waals surface area contributed by atoms with Crippen molar-refractivity contribution in [2.45, 2.75) is 46.2 Å². The van der Waals surface area contributed by atoms with E-state index in [1.807, 2.05) is 31.2 Å². The average molecular weight is 313 g/mol. The van der Waals surface area contributed by atoms with Crippen LogP contribution in [0.15, 0.2) is 24.3 Å². The van der Waals surface area contributed by atoms with Crippen LogP contribution < -0.4 is 10.1 Å². The minimum atomic E-state index is -2.97. The summed E-state index contributed by atoms with van der Waals surface area (Å²) in [6.45, 7) is 9.25. The van der Waals surface area contributed by atoms with Crippen molar-refractivity contribution in [1.82, 2.24) is 5.32 Å². The van der Waals surface area contributed by atoms with E-state index in [-0.39, 0.29) is 23.7 Å². The molecule has 0 spiro atoms. The van der Waals surface area contributed by atoms with Gasteiger partial charge in [-0.1, -0.05) is 19.1 Å².